The third kappa shape index (κ3) is 2.47. The summed E-state index contributed by atoms with van der Waals surface area (Å²) in [5.74, 6) is 2.08. The van der Waals surface area contributed by atoms with Gasteiger partial charge in [-0.15, -0.1) is 0 Å². The molecule has 0 radical (unpaired) electrons. The highest BCUT2D eigenvalue weighted by molar-refractivity contribution is 7.89. The van der Waals surface area contributed by atoms with Gasteiger partial charge >= 0.3 is 0 Å². The molecule has 2 aliphatic rings. The largest absolute Gasteiger partial charge is 0.383 e. The van der Waals surface area contributed by atoms with Crippen molar-refractivity contribution < 1.29 is 8.42 Å². The summed E-state index contributed by atoms with van der Waals surface area (Å²) in [5.41, 5.74) is 5.62. The van der Waals surface area contributed by atoms with Crippen LogP contribution >= 0.6 is 0 Å². The molecule has 1 aromatic heterocycles. The van der Waals surface area contributed by atoms with E-state index >= 15 is 0 Å². The van der Waals surface area contributed by atoms with Crippen molar-refractivity contribution in [2.24, 2.45) is 17.8 Å². The van der Waals surface area contributed by atoms with Gasteiger partial charge < -0.3 is 5.73 Å². The average molecular weight is 281 g/mol. The molecule has 1 aromatic rings. The monoisotopic (exact) mass is 281 g/mol. The molecule has 2 saturated carbocycles. The maximum atomic E-state index is 12.2. The minimum Gasteiger partial charge on any atom is -0.383 e. The fourth-order valence-electron chi connectivity index (χ4n) is 3.55. The smallest absolute Gasteiger partial charge is 0.244 e. The van der Waals surface area contributed by atoms with Gasteiger partial charge in [-0.2, -0.15) is 0 Å². The number of nitrogens with two attached hydrogens (primary N) is 1. The molecule has 3 N–H and O–H groups in total. The van der Waals surface area contributed by atoms with Gasteiger partial charge in [0.25, 0.3) is 0 Å². The van der Waals surface area contributed by atoms with Crippen molar-refractivity contribution in [2.75, 3.05) is 12.3 Å². The molecule has 3 atom stereocenters. The van der Waals surface area contributed by atoms with Crippen molar-refractivity contribution in [3.8, 4) is 0 Å². The quantitative estimate of drug-likeness (QED) is 0.873. The number of anilines is 1. The van der Waals surface area contributed by atoms with E-state index in [0.29, 0.717) is 18.4 Å². The molecule has 0 aliphatic heterocycles. The second kappa shape index (κ2) is 4.76. The van der Waals surface area contributed by atoms with Crippen molar-refractivity contribution in [2.45, 2.75) is 30.6 Å². The minimum atomic E-state index is -3.53. The van der Waals surface area contributed by atoms with Crippen molar-refractivity contribution in [3.63, 3.8) is 0 Å². The SMILES string of the molecule is Nc1ncccc1S(=O)(=O)NCC1CC2CCC1C2. The molecular formula is C13H19N3O2S. The Morgan fingerprint density at radius 2 is 2.21 bits per heavy atom. The Labute approximate surface area is 113 Å². The zero-order chi connectivity index (χ0) is 13.5. The molecule has 3 rings (SSSR count). The predicted octanol–water partition coefficient (Wildman–Crippen LogP) is 1.38. The van der Waals surface area contributed by atoms with Crippen LogP contribution in [0.25, 0.3) is 0 Å². The summed E-state index contributed by atoms with van der Waals surface area (Å²) < 4.78 is 27.1. The lowest BCUT2D eigenvalue weighted by atomic mass is 9.89. The predicted molar refractivity (Wildman–Crippen MR) is 72.8 cm³/mol. The van der Waals surface area contributed by atoms with E-state index in [4.69, 9.17) is 5.73 Å². The molecule has 104 valence electrons. The Balaban J connectivity index is 1.68. The number of aromatic nitrogens is 1. The Morgan fingerprint density at radius 1 is 1.37 bits per heavy atom. The third-order valence-corrected chi connectivity index (χ3v) is 5.98. The first-order valence-electron chi connectivity index (χ1n) is 6.76. The average Bonchev–Trinajstić information content (AvgIpc) is 2.99. The van der Waals surface area contributed by atoms with Crippen molar-refractivity contribution >= 4 is 15.8 Å². The van der Waals surface area contributed by atoms with Crippen LogP contribution in [0.1, 0.15) is 25.7 Å². The van der Waals surface area contributed by atoms with E-state index in [1.54, 1.807) is 6.07 Å². The number of nitrogen functional groups attached to an aromatic ring is 1. The van der Waals surface area contributed by atoms with Gasteiger partial charge in [0.2, 0.25) is 10.0 Å². The molecule has 0 amide bonds. The zero-order valence-corrected chi connectivity index (χ0v) is 11.6. The lowest BCUT2D eigenvalue weighted by Gasteiger charge is -2.21. The molecule has 2 aliphatic carbocycles. The summed E-state index contributed by atoms with van der Waals surface area (Å²) in [6.07, 6.45) is 6.51. The number of hydrogen-bond donors (Lipinski definition) is 2. The summed E-state index contributed by atoms with van der Waals surface area (Å²) in [7, 11) is -3.53. The number of hydrogen-bond acceptors (Lipinski definition) is 4. The highest BCUT2D eigenvalue weighted by Gasteiger charge is 2.39. The van der Waals surface area contributed by atoms with Crippen LogP contribution in [0.4, 0.5) is 5.82 Å². The molecule has 6 heteroatoms. The normalized spacial score (nSPS) is 29.8. The van der Waals surface area contributed by atoms with E-state index < -0.39 is 10.0 Å². The van der Waals surface area contributed by atoms with Gasteiger partial charge in [-0.1, -0.05) is 6.42 Å². The van der Waals surface area contributed by atoms with Crippen molar-refractivity contribution in [1.29, 1.82) is 0 Å². The lowest BCUT2D eigenvalue weighted by molar-refractivity contribution is 0.333. The van der Waals surface area contributed by atoms with Gasteiger partial charge in [0.05, 0.1) is 0 Å². The molecule has 19 heavy (non-hydrogen) atoms. The summed E-state index contributed by atoms with van der Waals surface area (Å²) in [4.78, 5) is 3.90. The lowest BCUT2D eigenvalue weighted by Crippen LogP contribution is -2.32. The molecule has 0 spiro atoms. The standard InChI is InChI=1S/C13H19N3O2S/c14-13-12(2-1-5-15-13)19(17,18)16-8-11-7-9-3-4-10(11)6-9/h1-2,5,9-11,16H,3-4,6-8H2,(H2,14,15). The molecule has 2 bridgehead atoms. The molecule has 1 heterocycles. The molecule has 2 fully saturated rings. The first-order valence-corrected chi connectivity index (χ1v) is 8.25. The van der Waals surface area contributed by atoms with Crippen LogP contribution in [-0.2, 0) is 10.0 Å². The van der Waals surface area contributed by atoms with E-state index in [1.165, 1.54) is 31.5 Å². The van der Waals surface area contributed by atoms with Gasteiger partial charge in [-0.05, 0) is 49.1 Å². The zero-order valence-electron chi connectivity index (χ0n) is 10.7. The van der Waals surface area contributed by atoms with Crippen LogP contribution in [0, 0.1) is 17.8 Å². The second-order valence-electron chi connectivity index (χ2n) is 5.67. The third-order valence-electron chi connectivity index (χ3n) is 4.51. The fraction of sp³-hybridized carbons (Fsp3) is 0.615. The number of pyridine rings is 1. The van der Waals surface area contributed by atoms with E-state index in [0.717, 1.165) is 12.3 Å². The molecule has 3 unspecified atom stereocenters. The minimum absolute atomic E-state index is 0.0583. The maximum absolute atomic E-state index is 12.2. The van der Waals surface area contributed by atoms with E-state index in [1.807, 2.05) is 0 Å². The first-order chi connectivity index (χ1) is 9.06. The Morgan fingerprint density at radius 3 is 2.84 bits per heavy atom. The molecular weight excluding hydrogens is 262 g/mol. The fourth-order valence-corrected chi connectivity index (χ4v) is 4.73. The molecule has 0 saturated heterocycles. The van der Waals surface area contributed by atoms with Crippen LogP contribution < -0.4 is 10.5 Å². The highest BCUT2D eigenvalue weighted by atomic mass is 32.2. The topological polar surface area (TPSA) is 85.1 Å². The Kier molecular flexibility index (Phi) is 3.22. The van der Waals surface area contributed by atoms with Gasteiger partial charge in [-0.25, -0.2) is 18.1 Å². The van der Waals surface area contributed by atoms with Crippen LogP contribution in [0.15, 0.2) is 23.2 Å². The number of nitrogens with one attached hydrogen (secondary N) is 1. The number of fused-ring (bicyclic) bond motifs is 2. The summed E-state index contributed by atoms with van der Waals surface area (Å²) in [6, 6.07) is 3.08. The highest BCUT2D eigenvalue weighted by Crippen LogP contribution is 2.48. The number of rotatable bonds is 4. The van der Waals surface area contributed by atoms with Crippen molar-refractivity contribution in [3.05, 3.63) is 18.3 Å². The molecule has 0 aromatic carbocycles. The van der Waals surface area contributed by atoms with E-state index in [9.17, 15) is 8.42 Å². The van der Waals surface area contributed by atoms with Crippen LogP contribution in [-0.4, -0.2) is 19.9 Å². The van der Waals surface area contributed by atoms with Crippen molar-refractivity contribution in [1.82, 2.24) is 9.71 Å². The summed E-state index contributed by atoms with van der Waals surface area (Å²) in [6.45, 7) is 0.526. The van der Waals surface area contributed by atoms with Crippen LogP contribution in [0.3, 0.4) is 0 Å². The number of nitrogens with zero attached hydrogens (tertiary/aromatic N) is 1. The number of sulfonamides is 1. The molecule has 5 nitrogen and oxygen atoms in total. The van der Waals surface area contributed by atoms with Gasteiger partial charge in [0, 0.05) is 12.7 Å². The van der Waals surface area contributed by atoms with Crippen LogP contribution in [0.5, 0.6) is 0 Å². The van der Waals surface area contributed by atoms with Crippen LogP contribution in [0.2, 0.25) is 0 Å². The van der Waals surface area contributed by atoms with Gasteiger partial charge in [0.15, 0.2) is 0 Å². The first kappa shape index (κ1) is 12.9. The van der Waals surface area contributed by atoms with E-state index in [2.05, 4.69) is 9.71 Å². The Bertz CT molecular complexity index is 573. The second-order valence-corrected chi connectivity index (χ2v) is 7.41. The van der Waals surface area contributed by atoms with Gasteiger partial charge in [0.1, 0.15) is 10.7 Å². The summed E-state index contributed by atoms with van der Waals surface area (Å²) in [5, 5.41) is 0. The maximum Gasteiger partial charge on any atom is 0.244 e. The van der Waals surface area contributed by atoms with Gasteiger partial charge in [-0.3, -0.25) is 0 Å². The Hall–Kier alpha value is -1.14. The van der Waals surface area contributed by atoms with E-state index in [-0.39, 0.29) is 10.7 Å². The summed E-state index contributed by atoms with van der Waals surface area (Å²) >= 11 is 0.